The Balaban J connectivity index is 2.23. The lowest BCUT2D eigenvalue weighted by atomic mass is 10.1. The summed E-state index contributed by atoms with van der Waals surface area (Å²) in [7, 11) is 1.23. The number of ether oxygens (including phenoxy) is 3. The highest BCUT2D eigenvalue weighted by Crippen LogP contribution is 2.47. The summed E-state index contributed by atoms with van der Waals surface area (Å²) in [5, 5.41) is 29.9. The Bertz CT molecular complexity index is 1010. The molecule has 2 heterocycles. The van der Waals surface area contributed by atoms with Gasteiger partial charge in [-0.25, -0.2) is 0 Å². The van der Waals surface area contributed by atoms with Crippen LogP contribution in [0.1, 0.15) is 0 Å². The van der Waals surface area contributed by atoms with E-state index < -0.39 is 16.9 Å². The first-order chi connectivity index (χ1) is 11.0. The van der Waals surface area contributed by atoms with Crippen LogP contribution in [-0.4, -0.2) is 29.2 Å². The minimum Gasteiger partial charge on any atom is -0.504 e. The molecule has 0 atom stereocenters. The second kappa shape index (κ2) is 4.35. The van der Waals surface area contributed by atoms with E-state index in [1.54, 1.807) is 0 Å². The van der Waals surface area contributed by atoms with Gasteiger partial charge in [0.05, 0.1) is 7.11 Å². The van der Waals surface area contributed by atoms with Crippen LogP contribution in [0.4, 0.5) is 0 Å². The van der Waals surface area contributed by atoms with Crippen molar-refractivity contribution in [2.75, 3.05) is 13.9 Å². The Kier molecular flexibility index (Phi) is 2.53. The van der Waals surface area contributed by atoms with E-state index in [9.17, 15) is 20.1 Å². The molecule has 0 saturated carbocycles. The lowest BCUT2D eigenvalue weighted by molar-refractivity contribution is 0.171. The van der Waals surface area contributed by atoms with Crippen LogP contribution in [-0.2, 0) is 0 Å². The summed E-state index contributed by atoms with van der Waals surface area (Å²) in [6, 6.07) is 2.55. The van der Waals surface area contributed by atoms with Gasteiger partial charge in [-0.15, -0.1) is 0 Å². The Morgan fingerprint density at radius 2 is 1.74 bits per heavy atom. The van der Waals surface area contributed by atoms with Crippen molar-refractivity contribution < 1.29 is 33.9 Å². The van der Waals surface area contributed by atoms with Gasteiger partial charge in [0.1, 0.15) is 21.9 Å². The molecule has 1 aliphatic rings. The van der Waals surface area contributed by atoms with Gasteiger partial charge in [0.15, 0.2) is 23.0 Å². The smallest absolute Gasteiger partial charge is 0.231 e. The summed E-state index contributed by atoms with van der Waals surface area (Å²) in [4.78, 5) is 12.7. The topological polar surface area (TPSA) is 119 Å². The average molecular weight is 318 g/mol. The van der Waals surface area contributed by atoms with Crippen LogP contribution in [0, 0.1) is 0 Å². The van der Waals surface area contributed by atoms with Crippen molar-refractivity contribution in [3.05, 3.63) is 22.4 Å². The molecule has 3 N–H and O–H groups in total. The fourth-order valence-corrected chi connectivity index (χ4v) is 2.66. The molecular weight excluding hydrogens is 308 g/mol. The number of rotatable bonds is 1. The number of aromatic hydroxyl groups is 3. The molecule has 118 valence electrons. The number of methoxy groups -OCH3 is 1. The third-order valence-electron chi connectivity index (χ3n) is 3.68. The molecule has 1 aliphatic heterocycles. The van der Waals surface area contributed by atoms with Crippen LogP contribution >= 0.6 is 0 Å². The van der Waals surface area contributed by atoms with Crippen LogP contribution in [0.3, 0.4) is 0 Å². The van der Waals surface area contributed by atoms with Crippen molar-refractivity contribution in [1.29, 1.82) is 0 Å². The van der Waals surface area contributed by atoms with Gasteiger partial charge in [0, 0.05) is 12.1 Å². The van der Waals surface area contributed by atoms with Gasteiger partial charge in [-0.3, -0.25) is 4.79 Å². The summed E-state index contributed by atoms with van der Waals surface area (Å²) in [6.07, 6.45) is 0. The first-order valence-corrected chi connectivity index (χ1v) is 6.54. The standard InChI is InChI=1S/C15H10O8/c1-20-14-5(16)2-6-9(12(14)18)11(17)10-7(23-6)3-8-15(13(10)19)22-4-21-8/h2-3,16,18-19H,4H2,1H3. The summed E-state index contributed by atoms with van der Waals surface area (Å²) in [5.41, 5.74) is -0.711. The van der Waals surface area contributed by atoms with Gasteiger partial charge in [-0.1, -0.05) is 0 Å². The second-order valence-electron chi connectivity index (χ2n) is 4.91. The third-order valence-corrected chi connectivity index (χ3v) is 3.68. The molecule has 2 aromatic carbocycles. The monoisotopic (exact) mass is 318 g/mol. The fourth-order valence-electron chi connectivity index (χ4n) is 2.66. The van der Waals surface area contributed by atoms with Gasteiger partial charge in [0.2, 0.25) is 23.7 Å². The number of hydrogen-bond donors (Lipinski definition) is 3. The molecule has 8 heteroatoms. The third kappa shape index (κ3) is 1.62. The molecule has 0 unspecified atom stereocenters. The minimum atomic E-state index is -0.687. The van der Waals surface area contributed by atoms with Crippen molar-refractivity contribution in [3.8, 4) is 34.5 Å². The first-order valence-electron chi connectivity index (χ1n) is 6.54. The highest BCUT2D eigenvalue weighted by molar-refractivity contribution is 5.99. The van der Waals surface area contributed by atoms with Crippen molar-refractivity contribution in [2.24, 2.45) is 0 Å². The van der Waals surface area contributed by atoms with Crippen molar-refractivity contribution in [3.63, 3.8) is 0 Å². The lowest BCUT2D eigenvalue weighted by Crippen LogP contribution is -2.04. The van der Waals surface area contributed by atoms with E-state index in [0.29, 0.717) is 0 Å². The van der Waals surface area contributed by atoms with Gasteiger partial charge >= 0.3 is 0 Å². The van der Waals surface area contributed by atoms with E-state index in [-0.39, 0.29) is 51.7 Å². The Morgan fingerprint density at radius 1 is 1.04 bits per heavy atom. The van der Waals surface area contributed by atoms with Crippen LogP contribution in [0.2, 0.25) is 0 Å². The molecule has 0 fully saturated rings. The predicted octanol–water partition coefficient (Wildman–Crippen LogP) is 1.80. The first kappa shape index (κ1) is 13.4. The normalized spacial score (nSPS) is 12.9. The zero-order valence-electron chi connectivity index (χ0n) is 11.7. The van der Waals surface area contributed by atoms with Gasteiger partial charge in [-0.05, 0) is 0 Å². The molecule has 1 aromatic heterocycles. The number of fused-ring (bicyclic) bond motifs is 3. The molecule has 0 amide bonds. The van der Waals surface area contributed by atoms with E-state index in [1.165, 1.54) is 13.2 Å². The average Bonchev–Trinajstić information content (AvgIpc) is 2.95. The Labute approximate surface area is 127 Å². The quantitative estimate of drug-likeness (QED) is 0.581. The minimum absolute atomic E-state index is 0.0354. The maximum Gasteiger partial charge on any atom is 0.231 e. The van der Waals surface area contributed by atoms with Crippen molar-refractivity contribution >= 4 is 21.9 Å². The number of hydrogen-bond acceptors (Lipinski definition) is 8. The maximum absolute atomic E-state index is 12.7. The molecular formula is C15H10O8. The highest BCUT2D eigenvalue weighted by Gasteiger charge is 2.26. The number of phenolic OH excluding ortho intramolecular Hbond substituents is 3. The largest absolute Gasteiger partial charge is 0.504 e. The fraction of sp³-hybridized carbons (Fsp3) is 0.133. The number of phenols is 3. The molecule has 0 radical (unpaired) electrons. The SMILES string of the molecule is COc1c(O)cc2oc3cc4c(c(O)c3c(=O)c2c1O)OCO4. The van der Waals surface area contributed by atoms with Crippen LogP contribution in [0.5, 0.6) is 34.5 Å². The van der Waals surface area contributed by atoms with E-state index in [1.807, 2.05) is 0 Å². The summed E-state index contributed by atoms with van der Waals surface area (Å²) < 4.78 is 20.7. The van der Waals surface area contributed by atoms with Gasteiger partial charge < -0.3 is 33.9 Å². The van der Waals surface area contributed by atoms with Gasteiger partial charge in [0.25, 0.3) is 0 Å². The summed E-state index contributed by atoms with van der Waals surface area (Å²) in [5.74, 6) is -1.38. The molecule has 0 spiro atoms. The van der Waals surface area contributed by atoms with Crippen LogP contribution in [0.25, 0.3) is 21.9 Å². The second-order valence-corrected chi connectivity index (χ2v) is 4.91. The molecule has 0 aliphatic carbocycles. The van der Waals surface area contributed by atoms with Crippen LogP contribution in [0.15, 0.2) is 21.3 Å². The Morgan fingerprint density at radius 3 is 2.48 bits per heavy atom. The molecule has 23 heavy (non-hydrogen) atoms. The summed E-state index contributed by atoms with van der Waals surface area (Å²) >= 11 is 0. The molecule has 3 aromatic rings. The zero-order chi connectivity index (χ0) is 16.3. The highest BCUT2D eigenvalue weighted by atomic mass is 16.7. The van der Waals surface area contributed by atoms with E-state index in [2.05, 4.69) is 0 Å². The van der Waals surface area contributed by atoms with E-state index in [0.717, 1.165) is 6.07 Å². The number of benzene rings is 2. The molecule has 4 rings (SSSR count). The molecule has 0 bridgehead atoms. The van der Waals surface area contributed by atoms with E-state index in [4.69, 9.17) is 18.6 Å². The van der Waals surface area contributed by atoms with Crippen molar-refractivity contribution in [2.45, 2.75) is 0 Å². The van der Waals surface area contributed by atoms with E-state index >= 15 is 0 Å². The molecule has 8 nitrogen and oxygen atoms in total. The summed E-state index contributed by atoms with van der Waals surface area (Å²) in [6.45, 7) is -0.0905. The van der Waals surface area contributed by atoms with Crippen molar-refractivity contribution in [1.82, 2.24) is 0 Å². The maximum atomic E-state index is 12.7. The zero-order valence-corrected chi connectivity index (χ0v) is 11.7. The lowest BCUT2D eigenvalue weighted by Gasteiger charge is -2.10. The predicted molar refractivity (Wildman–Crippen MR) is 77.7 cm³/mol. The Hall–Kier alpha value is -3.29. The molecule has 0 saturated heterocycles. The van der Waals surface area contributed by atoms with Crippen LogP contribution < -0.4 is 19.6 Å². The van der Waals surface area contributed by atoms with Gasteiger partial charge in [-0.2, -0.15) is 0 Å².